The van der Waals surface area contributed by atoms with E-state index in [4.69, 9.17) is 5.73 Å². The zero-order chi connectivity index (χ0) is 13.1. The van der Waals surface area contributed by atoms with Crippen LogP contribution in [-0.4, -0.2) is 29.9 Å². The predicted molar refractivity (Wildman–Crippen MR) is 71.5 cm³/mol. The minimum atomic E-state index is 0.0509. The third-order valence-corrected chi connectivity index (χ3v) is 3.37. The molecule has 2 N–H and O–H groups in total. The van der Waals surface area contributed by atoms with E-state index in [-0.39, 0.29) is 17.4 Å². The summed E-state index contributed by atoms with van der Waals surface area (Å²) < 4.78 is 0. The highest BCUT2D eigenvalue weighted by molar-refractivity contribution is 5.88. The van der Waals surface area contributed by atoms with Gasteiger partial charge in [0.05, 0.1) is 0 Å². The van der Waals surface area contributed by atoms with E-state index in [9.17, 15) is 4.79 Å². The zero-order valence-electron chi connectivity index (χ0n) is 11.6. The molecule has 0 aromatic carbocycles. The number of carbonyl (C=O) groups excluding carboxylic acids is 1. The van der Waals surface area contributed by atoms with Gasteiger partial charge in [-0.2, -0.15) is 0 Å². The molecule has 0 bridgehead atoms. The van der Waals surface area contributed by atoms with Crippen LogP contribution in [0.3, 0.4) is 0 Å². The van der Waals surface area contributed by atoms with Gasteiger partial charge >= 0.3 is 0 Å². The van der Waals surface area contributed by atoms with E-state index in [0.717, 1.165) is 13.0 Å². The lowest BCUT2D eigenvalue weighted by atomic mass is 9.90. The average molecular weight is 238 g/mol. The number of hydrogen-bond donors (Lipinski definition) is 1. The van der Waals surface area contributed by atoms with Gasteiger partial charge in [0.2, 0.25) is 5.91 Å². The summed E-state index contributed by atoms with van der Waals surface area (Å²) in [7, 11) is 0. The first-order chi connectivity index (χ1) is 7.85. The van der Waals surface area contributed by atoms with Gasteiger partial charge in [-0.1, -0.05) is 33.8 Å². The highest BCUT2D eigenvalue weighted by Gasteiger charge is 2.29. The molecule has 0 aromatic rings. The Kier molecular flexibility index (Phi) is 4.75. The van der Waals surface area contributed by atoms with Crippen molar-refractivity contribution in [2.75, 3.05) is 13.1 Å². The molecule has 1 fully saturated rings. The van der Waals surface area contributed by atoms with E-state index in [2.05, 4.69) is 27.7 Å². The summed E-state index contributed by atoms with van der Waals surface area (Å²) in [5.41, 5.74) is 5.84. The van der Waals surface area contributed by atoms with Crippen LogP contribution in [0.2, 0.25) is 0 Å². The number of rotatable bonds is 2. The van der Waals surface area contributed by atoms with Crippen LogP contribution in [0.5, 0.6) is 0 Å². The molecule has 0 aliphatic carbocycles. The Hall–Kier alpha value is -0.830. The number of likely N-dealkylation sites (tertiary alicyclic amines) is 1. The maximum atomic E-state index is 12.1. The van der Waals surface area contributed by atoms with Crippen LogP contribution < -0.4 is 5.73 Å². The zero-order valence-corrected chi connectivity index (χ0v) is 11.6. The maximum absolute atomic E-state index is 12.1. The SMILES string of the molecule is CC1CCCN(C(=O)C=CC(C)(C)C)C1CN. The van der Waals surface area contributed by atoms with Crippen molar-refractivity contribution in [1.29, 1.82) is 0 Å². The highest BCUT2D eigenvalue weighted by atomic mass is 16.2. The number of carbonyl (C=O) groups is 1. The second kappa shape index (κ2) is 5.67. The monoisotopic (exact) mass is 238 g/mol. The van der Waals surface area contributed by atoms with Gasteiger partial charge in [-0.05, 0) is 30.3 Å². The molecule has 0 aromatic heterocycles. The number of nitrogens with zero attached hydrogens (tertiary/aromatic N) is 1. The Bertz CT molecular complexity index is 291. The van der Waals surface area contributed by atoms with Gasteiger partial charge in [0.15, 0.2) is 0 Å². The van der Waals surface area contributed by atoms with E-state index in [0.29, 0.717) is 12.5 Å². The third kappa shape index (κ3) is 4.15. The van der Waals surface area contributed by atoms with Crippen molar-refractivity contribution < 1.29 is 4.79 Å². The summed E-state index contributed by atoms with van der Waals surface area (Å²) >= 11 is 0. The van der Waals surface area contributed by atoms with Crippen molar-refractivity contribution in [1.82, 2.24) is 4.90 Å². The number of piperidine rings is 1. The van der Waals surface area contributed by atoms with Crippen molar-refractivity contribution in [2.45, 2.75) is 46.6 Å². The number of nitrogens with two attached hydrogens (primary N) is 1. The highest BCUT2D eigenvalue weighted by Crippen LogP contribution is 2.23. The van der Waals surface area contributed by atoms with Crippen LogP contribution in [0, 0.1) is 11.3 Å². The van der Waals surface area contributed by atoms with Crippen LogP contribution in [-0.2, 0) is 4.79 Å². The molecule has 0 spiro atoms. The Morgan fingerprint density at radius 3 is 2.65 bits per heavy atom. The van der Waals surface area contributed by atoms with E-state index in [1.165, 1.54) is 6.42 Å². The second-order valence-corrected chi connectivity index (χ2v) is 6.15. The van der Waals surface area contributed by atoms with Crippen LogP contribution >= 0.6 is 0 Å². The van der Waals surface area contributed by atoms with Crippen LogP contribution in [0.1, 0.15) is 40.5 Å². The molecule has 2 atom stereocenters. The van der Waals surface area contributed by atoms with Crippen molar-refractivity contribution in [3.05, 3.63) is 12.2 Å². The fraction of sp³-hybridized carbons (Fsp3) is 0.786. The van der Waals surface area contributed by atoms with Crippen molar-refractivity contribution in [2.24, 2.45) is 17.1 Å². The predicted octanol–water partition coefficient (Wildman–Crippen LogP) is 2.17. The number of allylic oxidation sites excluding steroid dienone is 1. The minimum absolute atomic E-state index is 0.0509. The summed E-state index contributed by atoms with van der Waals surface area (Å²) in [6, 6.07) is 0.209. The van der Waals surface area contributed by atoms with Crippen molar-refractivity contribution in [3.8, 4) is 0 Å². The average Bonchev–Trinajstić information content (AvgIpc) is 2.24. The fourth-order valence-electron chi connectivity index (χ4n) is 2.30. The minimum Gasteiger partial charge on any atom is -0.335 e. The molecule has 17 heavy (non-hydrogen) atoms. The lowest BCUT2D eigenvalue weighted by molar-refractivity contribution is -0.130. The van der Waals surface area contributed by atoms with E-state index >= 15 is 0 Å². The third-order valence-electron chi connectivity index (χ3n) is 3.37. The molecule has 1 aliphatic rings. The van der Waals surface area contributed by atoms with Crippen molar-refractivity contribution >= 4 is 5.91 Å². The molecular formula is C14H26N2O. The van der Waals surface area contributed by atoms with E-state index in [1.54, 1.807) is 6.08 Å². The van der Waals surface area contributed by atoms with Gasteiger partial charge < -0.3 is 10.6 Å². The topological polar surface area (TPSA) is 46.3 Å². The summed E-state index contributed by atoms with van der Waals surface area (Å²) in [5.74, 6) is 0.627. The van der Waals surface area contributed by atoms with Gasteiger partial charge in [0.25, 0.3) is 0 Å². The first-order valence-electron chi connectivity index (χ1n) is 6.55. The summed E-state index contributed by atoms with van der Waals surface area (Å²) in [6.07, 6.45) is 5.95. The van der Waals surface area contributed by atoms with E-state index < -0.39 is 0 Å². The second-order valence-electron chi connectivity index (χ2n) is 6.15. The Morgan fingerprint density at radius 1 is 1.47 bits per heavy atom. The Morgan fingerprint density at radius 2 is 2.12 bits per heavy atom. The molecule has 3 heteroatoms. The molecule has 3 nitrogen and oxygen atoms in total. The molecule has 1 amide bonds. The normalized spacial score (nSPS) is 26.5. The first kappa shape index (κ1) is 14.2. The van der Waals surface area contributed by atoms with Gasteiger partial charge in [-0.3, -0.25) is 4.79 Å². The smallest absolute Gasteiger partial charge is 0.246 e. The lowest BCUT2D eigenvalue weighted by Gasteiger charge is -2.39. The molecule has 1 aliphatic heterocycles. The van der Waals surface area contributed by atoms with Gasteiger partial charge in [-0.15, -0.1) is 0 Å². The first-order valence-corrected chi connectivity index (χ1v) is 6.55. The summed E-state index contributed by atoms with van der Waals surface area (Å²) in [5, 5.41) is 0. The van der Waals surface area contributed by atoms with E-state index in [1.807, 2.05) is 11.0 Å². The molecule has 98 valence electrons. The Balaban J connectivity index is 2.70. The maximum Gasteiger partial charge on any atom is 0.246 e. The molecule has 2 unspecified atom stereocenters. The molecule has 0 saturated carbocycles. The lowest BCUT2D eigenvalue weighted by Crippen LogP contribution is -2.50. The summed E-state index contributed by atoms with van der Waals surface area (Å²) in [6.45, 7) is 9.88. The summed E-state index contributed by atoms with van der Waals surface area (Å²) in [4.78, 5) is 14.1. The standard InChI is InChI=1S/C14H26N2O/c1-11-6-5-9-16(12(11)10-15)13(17)7-8-14(2,3)4/h7-8,11-12H,5-6,9-10,15H2,1-4H3. The molecule has 1 heterocycles. The Labute approximate surface area is 105 Å². The number of hydrogen-bond acceptors (Lipinski definition) is 2. The molecule has 0 radical (unpaired) electrons. The van der Waals surface area contributed by atoms with Crippen LogP contribution in [0.25, 0.3) is 0 Å². The van der Waals surface area contributed by atoms with Gasteiger partial charge in [-0.25, -0.2) is 0 Å². The molecular weight excluding hydrogens is 212 g/mol. The quantitative estimate of drug-likeness (QED) is 0.749. The fourth-order valence-corrected chi connectivity index (χ4v) is 2.30. The van der Waals surface area contributed by atoms with Crippen molar-refractivity contribution in [3.63, 3.8) is 0 Å². The van der Waals surface area contributed by atoms with Gasteiger partial charge in [0.1, 0.15) is 0 Å². The molecule has 1 saturated heterocycles. The van der Waals surface area contributed by atoms with Gasteiger partial charge in [0, 0.05) is 19.1 Å². The van der Waals surface area contributed by atoms with Crippen LogP contribution in [0.15, 0.2) is 12.2 Å². The van der Waals surface area contributed by atoms with Crippen LogP contribution in [0.4, 0.5) is 0 Å². The number of amides is 1. The largest absolute Gasteiger partial charge is 0.335 e. The molecule has 1 rings (SSSR count).